The molecule has 3 rings (SSSR count). The van der Waals surface area contributed by atoms with E-state index in [0.29, 0.717) is 22.2 Å². The minimum Gasteiger partial charge on any atom is -0.342 e. The minimum atomic E-state index is -0.314. The number of carbonyl (C=O) groups is 1. The van der Waals surface area contributed by atoms with Gasteiger partial charge in [0.25, 0.3) is 5.91 Å². The van der Waals surface area contributed by atoms with Crippen molar-refractivity contribution in [2.45, 2.75) is 23.9 Å². The third-order valence-corrected chi connectivity index (χ3v) is 5.33. The molecule has 0 fully saturated rings. The zero-order valence-corrected chi connectivity index (χ0v) is 16.4. The summed E-state index contributed by atoms with van der Waals surface area (Å²) in [5.74, 6) is 0.842. The molecule has 1 aromatic heterocycles. The maximum absolute atomic E-state index is 13.0. The standard InChI is InChI=1S/C19H18ClFN4OS/c1-12(22-18(26)14-5-7-15(20)8-6-14)17-23-24-19(25(17)2)27-11-13-3-9-16(21)10-4-13/h3-10,12H,11H2,1-2H3,(H,22,26)/t12-/m0/s1. The molecule has 0 bridgehead atoms. The van der Waals surface area contributed by atoms with Gasteiger partial charge < -0.3 is 9.88 Å². The van der Waals surface area contributed by atoms with Gasteiger partial charge in [-0.2, -0.15) is 0 Å². The molecule has 1 amide bonds. The van der Waals surface area contributed by atoms with Crippen LogP contribution in [0.4, 0.5) is 4.39 Å². The number of hydrogen-bond donors (Lipinski definition) is 1. The lowest BCUT2D eigenvalue weighted by molar-refractivity contribution is 0.0937. The fourth-order valence-corrected chi connectivity index (χ4v) is 3.50. The normalized spacial score (nSPS) is 12.0. The molecular weight excluding hydrogens is 387 g/mol. The molecule has 0 unspecified atom stereocenters. The Morgan fingerprint density at radius 3 is 2.52 bits per heavy atom. The van der Waals surface area contributed by atoms with Crippen LogP contribution in [-0.2, 0) is 12.8 Å². The number of aromatic nitrogens is 3. The number of thioether (sulfide) groups is 1. The average molecular weight is 405 g/mol. The van der Waals surface area contributed by atoms with Crippen molar-refractivity contribution in [3.05, 3.63) is 76.3 Å². The van der Waals surface area contributed by atoms with E-state index in [-0.39, 0.29) is 17.8 Å². The second kappa shape index (κ2) is 8.54. The predicted molar refractivity (Wildman–Crippen MR) is 104 cm³/mol. The summed E-state index contributed by atoms with van der Waals surface area (Å²) in [5.41, 5.74) is 1.52. The van der Waals surface area contributed by atoms with E-state index in [1.165, 1.54) is 23.9 Å². The van der Waals surface area contributed by atoms with Crippen LogP contribution in [-0.4, -0.2) is 20.7 Å². The molecule has 140 valence electrons. The Labute approximate surface area is 166 Å². The van der Waals surface area contributed by atoms with Crippen molar-refractivity contribution >= 4 is 29.3 Å². The van der Waals surface area contributed by atoms with Gasteiger partial charge in [0.1, 0.15) is 5.82 Å². The van der Waals surface area contributed by atoms with Gasteiger partial charge in [0.2, 0.25) is 0 Å². The molecule has 1 atom stereocenters. The highest BCUT2D eigenvalue weighted by molar-refractivity contribution is 7.98. The van der Waals surface area contributed by atoms with Gasteiger partial charge in [-0.1, -0.05) is 35.5 Å². The molecule has 8 heteroatoms. The second-order valence-electron chi connectivity index (χ2n) is 6.02. The quantitative estimate of drug-likeness (QED) is 0.619. The summed E-state index contributed by atoms with van der Waals surface area (Å²) >= 11 is 7.35. The van der Waals surface area contributed by atoms with E-state index in [2.05, 4.69) is 15.5 Å². The number of rotatable bonds is 6. The summed E-state index contributed by atoms with van der Waals surface area (Å²) in [6.07, 6.45) is 0. The summed E-state index contributed by atoms with van der Waals surface area (Å²) < 4.78 is 14.8. The van der Waals surface area contributed by atoms with Crippen LogP contribution in [0.2, 0.25) is 5.02 Å². The van der Waals surface area contributed by atoms with Gasteiger partial charge in [-0.25, -0.2) is 4.39 Å². The summed E-state index contributed by atoms with van der Waals surface area (Å²) in [6, 6.07) is 12.7. The number of nitrogens with one attached hydrogen (secondary N) is 1. The maximum Gasteiger partial charge on any atom is 0.251 e. The number of halogens is 2. The zero-order chi connectivity index (χ0) is 19.4. The molecule has 0 aliphatic carbocycles. The van der Waals surface area contributed by atoms with Gasteiger partial charge in [0, 0.05) is 23.4 Å². The summed E-state index contributed by atoms with van der Waals surface area (Å²) in [4.78, 5) is 12.3. The molecule has 0 aliphatic rings. The smallest absolute Gasteiger partial charge is 0.251 e. The molecular formula is C19H18ClFN4OS. The highest BCUT2D eigenvalue weighted by Crippen LogP contribution is 2.23. The van der Waals surface area contributed by atoms with E-state index in [9.17, 15) is 9.18 Å². The summed E-state index contributed by atoms with van der Waals surface area (Å²) in [7, 11) is 1.85. The molecule has 1 N–H and O–H groups in total. The van der Waals surface area contributed by atoms with Gasteiger partial charge in [-0.05, 0) is 48.9 Å². The molecule has 0 aliphatic heterocycles. The molecule has 0 radical (unpaired) electrons. The minimum absolute atomic E-state index is 0.206. The Hall–Kier alpha value is -2.38. The Morgan fingerprint density at radius 2 is 1.85 bits per heavy atom. The van der Waals surface area contributed by atoms with Gasteiger partial charge >= 0.3 is 0 Å². The number of carbonyl (C=O) groups excluding carboxylic acids is 1. The highest BCUT2D eigenvalue weighted by atomic mass is 35.5. The van der Waals surface area contributed by atoms with E-state index in [4.69, 9.17) is 11.6 Å². The number of nitrogens with zero attached hydrogens (tertiary/aromatic N) is 3. The molecule has 1 heterocycles. The van der Waals surface area contributed by atoms with E-state index in [1.807, 2.05) is 18.5 Å². The van der Waals surface area contributed by atoms with Gasteiger partial charge in [-0.15, -0.1) is 10.2 Å². The lowest BCUT2D eigenvalue weighted by atomic mass is 10.2. The fourth-order valence-electron chi connectivity index (χ4n) is 2.50. The van der Waals surface area contributed by atoms with Crippen molar-refractivity contribution in [1.29, 1.82) is 0 Å². The molecule has 0 saturated carbocycles. The molecule has 0 spiro atoms. The van der Waals surface area contributed by atoms with Crippen LogP contribution in [0.3, 0.4) is 0 Å². The van der Waals surface area contributed by atoms with Gasteiger partial charge in [-0.3, -0.25) is 4.79 Å². The SMILES string of the molecule is C[C@H](NC(=O)c1ccc(Cl)cc1)c1nnc(SCc2ccc(F)cc2)n1C. The van der Waals surface area contributed by atoms with Crippen molar-refractivity contribution in [3.8, 4) is 0 Å². The van der Waals surface area contributed by atoms with Crippen molar-refractivity contribution in [2.24, 2.45) is 7.05 Å². The van der Waals surface area contributed by atoms with Crippen LogP contribution in [0.5, 0.6) is 0 Å². The number of amides is 1. The van der Waals surface area contributed by atoms with Crippen molar-refractivity contribution in [3.63, 3.8) is 0 Å². The van der Waals surface area contributed by atoms with E-state index in [0.717, 1.165) is 10.7 Å². The largest absolute Gasteiger partial charge is 0.342 e. The van der Waals surface area contributed by atoms with Crippen molar-refractivity contribution < 1.29 is 9.18 Å². The first-order valence-electron chi connectivity index (χ1n) is 8.27. The Kier molecular flexibility index (Phi) is 6.13. The number of benzene rings is 2. The lowest BCUT2D eigenvalue weighted by Gasteiger charge is -2.13. The first kappa shape index (κ1) is 19.4. The fraction of sp³-hybridized carbons (Fsp3) is 0.211. The average Bonchev–Trinajstić information content (AvgIpc) is 3.02. The zero-order valence-electron chi connectivity index (χ0n) is 14.8. The first-order valence-corrected chi connectivity index (χ1v) is 9.63. The Morgan fingerprint density at radius 1 is 1.19 bits per heavy atom. The molecule has 27 heavy (non-hydrogen) atoms. The topological polar surface area (TPSA) is 59.8 Å². The van der Waals surface area contributed by atoms with Crippen molar-refractivity contribution in [1.82, 2.24) is 20.1 Å². The predicted octanol–water partition coefficient (Wildman–Crippen LogP) is 4.39. The molecule has 2 aromatic carbocycles. The van der Waals surface area contributed by atoms with Crippen LogP contribution in [0.25, 0.3) is 0 Å². The highest BCUT2D eigenvalue weighted by Gasteiger charge is 2.18. The second-order valence-corrected chi connectivity index (χ2v) is 7.40. The Bertz CT molecular complexity index is 928. The van der Waals surface area contributed by atoms with Gasteiger partial charge in [0.05, 0.1) is 6.04 Å². The van der Waals surface area contributed by atoms with Gasteiger partial charge in [0.15, 0.2) is 11.0 Å². The Balaban J connectivity index is 1.64. The third kappa shape index (κ3) is 4.87. The van der Waals surface area contributed by atoms with E-state index < -0.39 is 0 Å². The molecule has 3 aromatic rings. The van der Waals surface area contributed by atoms with Crippen LogP contribution in [0.1, 0.15) is 34.7 Å². The van der Waals surface area contributed by atoms with Crippen LogP contribution in [0, 0.1) is 5.82 Å². The van der Waals surface area contributed by atoms with E-state index in [1.54, 1.807) is 36.4 Å². The maximum atomic E-state index is 13.0. The monoisotopic (exact) mass is 404 g/mol. The molecule has 5 nitrogen and oxygen atoms in total. The third-order valence-electron chi connectivity index (χ3n) is 3.99. The lowest BCUT2D eigenvalue weighted by Crippen LogP contribution is -2.28. The summed E-state index contributed by atoms with van der Waals surface area (Å²) in [6.45, 7) is 1.85. The number of hydrogen-bond acceptors (Lipinski definition) is 4. The molecule has 0 saturated heterocycles. The van der Waals surface area contributed by atoms with Crippen LogP contribution < -0.4 is 5.32 Å². The van der Waals surface area contributed by atoms with Crippen molar-refractivity contribution in [2.75, 3.05) is 0 Å². The van der Waals surface area contributed by atoms with E-state index >= 15 is 0 Å². The first-order chi connectivity index (χ1) is 12.9. The summed E-state index contributed by atoms with van der Waals surface area (Å²) in [5, 5.41) is 12.6. The van der Waals surface area contributed by atoms with Crippen LogP contribution >= 0.6 is 23.4 Å². The van der Waals surface area contributed by atoms with Crippen LogP contribution in [0.15, 0.2) is 53.7 Å².